The Bertz CT molecular complexity index is 595. The summed E-state index contributed by atoms with van der Waals surface area (Å²) in [5, 5.41) is 6.09. The fourth-order valence-electron chi connectivity index (χ4n) is 2.44. The van der Waals surface area contributed by atoms with Gasteiger partial charge in [-0.15, -0.1) is 0 Å². The van der Waals surface area contributed by atoms with E-state index < -0.39 is 0 Å². The van der Waals surface area contributed by atoms with Gasteiger partial charge in [0.25, 0.3) is 0 Å². The SMILES string of the molecule is CNc1ccc(N2CC(c3ccccc3)NC2=O)cc1. The highest BCUT2D eigenvalue weighted by Crippen LogP contribution is 2.26. The number of rotatable bonds is 3. The van der Waals surface area contributed by atoms with Crippen LogP contribution in [-0.4, -0.2) is 19.6 Å². The second-order valence-electron chi connectivity index (χ2n) is 4.82. The van der Waals surface area contributed by atoms with E-state index in [0.29, 0.717) is 6.54 Å². The van der Waals surface area contributed by atoms with Crippen LogP contribution in [0.5, 0.6) is 0 Å². The van der Waals surface area contributed by atoms with Gasteiger partial charge in [0.2, 0.25) is 0 Å². The molecule has 0 radical (unpaired) electrons. The molecule has 0 aliphatic carbocycles. The molecule has 1 saturated heterocycles. The summed E-state index contributed by atoms with van der Waals surface area (Å²) in [5.41, 5.74) is 3.09. The number of nitrogens with one attached hydrogen (secondary N) is 2. The molecule has 2 amide bonds. The third-order valence-electron chi connectivity index (χ3n) is 3.58. The van der Waals surface area contributed by atoms with E-state index in [2.05, 4.69) is 10.6 Å². The van der Waals surface area contributed by atoms with Crippen molar-refractivity contribution in [2.24, 2.45) is 0 Å². The van der Waals surface area contributed by atoms with Crippen molar-refractivity contribution in [2.45, 2.75) is 6.04 Å². The van der Waals surface area contributed by atoms with E-state index in [1.165, 1.54) is 0 Å². The molecule has 1 unspecified atom stereocenters. The Labute approximate surface area is 118 Å². The molecule has 0 bridgehead atoms. The molecule has 0 spiro atoms. The van der Waals surface area contributed by atoms with E-state index in [1.807, 2.05) is 61.6 Å². The van der Waals surface area contributed by atoms with Gasteiger partial charge in [0.05, 0.1) is 12.6 Å². The fourth-order valence-corrected chi connectivity index (χ4v) is 2.44. The molecule has 4 nitrogen and oxygen atoms in total. The molecule has 20 heavy (non-hydrogen) atoms. The Hall–Kier alpha value is -2.49. The van der Waals surface area contributed by atoms with E-state index in [4.69, 9.17) is 0 Å². The van der Waals surface area contributed by atoms with Crippen LogP contribution < -0.4 is 15.5 Å². The molecule has 1 heterocycles. The van der Waals surface area contributed by atoms with Crippen molar-refractivity contribution in [3.8, 4) is 0 Å². The number of hydrogen-bond acceptors (Lipinski definition) is 2. The minimum atomic E-state index is -0.0453. The molecule has 1 fully saturated rings. The molecule has 2 aromatic rings. The highest BCUT2D eigenvalue weighted by atomic mass is 16.2. The Balaban J connectivity index is 1.80. The maximum Gasteiger partial charge on any atom is 0.322 e. The van der Waals surface area contributed by atoms with E-state index >= 15 is 0 Å². The van der Waals surface area contributed by atoms with Crippen LogP contribution in [0.15, 0.2) is 54.6 Å². The molecular formula is C16H17N3O. The minimum absolute atomic E-state index is 0.0453. The quantitative estimate of drug-likeness (QED) is 0.898. The van der Waals surface area contributed by atoms with Gasteiger partial charge in [-0.25, -0.2) is 4.79 Å². The lowest BCUT2D eigenvalue weighted by Gasteiger charge is -2.15. The number of urea groups is 1. The van der Waals surface area contributed by atoms with E-state index in [1.54, 1.807) is 4.90 Å². The standard InChI is InChI=1S/C16H17N3O/c1-17-13-7-9-14(10-8-13)19-11-15(18-16(19)20)12-5-3-2-4-6-12/h2-10,15,17H,11H2,1H3,(H,18,20). The van der Waals surface area contributed by atoms with Crippen LogP contribution in [0.1, 0.15) is 11.6 Å². The first-order valence-corrected chi connectivity index (χ1v) is 6.69. The Morgan fingerprint density at radius 3 is 2.45 bits per heavy atom. The summed E-state index contributed by atoms with van der Waals surface area (Å²) in [6.07, 6.45) is 0. The van der Waals surface area contributed by atoms with Crippen molar-refractivity contribution in [1.82, 2.24) is 5.32 Å². The van der Waals surface area contributed by atoms with Gasteiger partial charge in [-0.3, -0.25) is 4.90 Å². The van der Waals surface area contributed by atoms with Crippen LogP contribution >= 0.6 is 0 Å². The van der Waals surface area contributed by atoms with Crippen molar-refractivity contribution < 1.29 is 4.79 Å². The number of carbonyl (C=O) groups excluding carboxylic acids is 1. The molecule has 4 heteroatoms. The second-order valence-corrected chi connectivity index (χ2v) is 4.82. The van der Waals surface area contributed by atoms with Crippen molar-refractivity contribution in [2.75, 3.05) is 23.8 Å². The van der Waals surface area contributed by atoms with Gasteiger partial charge in [-0.2, -0.15) is 0 Å². The van der Waals surface area contributed by atoms with Crippen LogP contribution in [0, 0.1) is 0 Å². The third-order valence-corrected chi connectivity index (χ3v) is 3.58. The predicted octanol–water partition coefficient (Wildman–Crippen LogP) is 3.00. The molecular weight excluding hydrogens is 250 g/mol. The van der Waals surface area contributed by atoms with Gasteiger partial charge in [0, 0.05) is 18.4 Å². The highest BCUT2D eigenvalue weighted by molar-refractivity contribution is 5.94. The van der Waals surface area contributed by atoms with Crippen molar-refractivity contribution in [3.05, 3.63) is 60.2 Å². The van der Waals surface area contributed by atoms with Gasteiger partial charge >= 0.3 is 6.03 Å². The summed E-state index contributed by atoms with van der Waals surface area (Å²) in [6, 6.07) is 17.9. The first kappa shape index (κ1) is 12.5. The van der Waals surface area contributed by atoms with E-state index in [0.717, 1.165) is 16.9 Å². The van der Waals surface area contributed by atoms with Crippen LogP contribution in [0.3, 0.4) is 0 Å². The number of carbonyl (C=O) groups is 1. The molecule has 3 rings (SSSR count). The smallest absolute Gasteiger partial charge is 0.322 e. The molecule has 0 aromatic heterocycles. The number of amides is 2. The largest absolute Gasteiger partial charge is 0.388 e. The molecule has 102 valence electrons. The zero-order chi connectivity index (χ0) is 13.9. The van der Waals surface area contributed by atoms with E-state index in [-0.39, 0.29) is 12.1 Å². The average molecular weight is 267 g/mol. The number of hydrogen-bond donors (Lipinski definition) is 2. The zero-order valence-corrected chi connectivity index (χ0v) is 11.3. The van der Waals surface area contributed by atoms with Gasteiger partial charge in [0.1, 0.15) is 0 Å². The second kappa shape index (κ2) is 5.25. The maximum absolute atomic E-state index is 12.1. The molecule has 1 atom stereocenters. The molecule has 1 aliphatic rings. The number of nitrogens with zero attached hydrogens (tertiary/aromatic N) is 1. The van der Waals surface area contributed by atoms with Gasteiger partial charge in [-0.1, -0.05) is 30.3 Å². The van der Waals surface area contributed by atoms with Crippen molar-refractivity contribution >= 4 is 17.4 Å². The topological polar surface area (TPSA) is 44.4 Å². The first-order chi connectivity index (χ1) is 9.78. The monoisotopic (exact) mass is 267 g/mol. The Morgan fingerprint density at radius 1 is 1.10 bits per heavy atom. The predicted molar refractivity (Wildman–Crippen MR) is 81.0 cm³/mol. The van der Waals surface area contributed by atoms with Crippen LogP contribution in [0.4, 0.5) is 16.2 Å². The summed E-state index contributed by atoms with van der Waals surface area (Å²) in [7, 11) is 1.88. The van der Waals surface area contributed by atoms with Gasteiger partial charge in [-0.05, 0) is 29.8 Å². The van der Waals surface area contributed by atoms with Crippen molar-refractivity contribution in [1.29, 1.82) is 0 Å². The maximum atomic E-state index is 12.1. The lowest BCUT2D eigenvalue weighted by atomic mass is 10.1. The van der Waals surface area contributed by atoms with Crippen molar-refractivity contribution in [3.63, 3.8) is 0 Å². The molecule has 1 aliphatic heterocycles. The number of benzene rings is 2. The summed E-state index contributed by atoms with van der Waals surface area (Å²) < 4.78 is 0. The average Bonchev–Trinajstić information content (AvgIpc) is 2.90. The molecule has 2 aromatic carbocycles. The van der Waals surface area contributed by atoms with E-state index in [9.17, 15) is 4.79 Å². The highest BCUT2D eigenvalue weighted by Gasteiger charge is 2.30. The summed E-state index contributed by atoms with van der Waals surface area (Å²) in [4.78, 5) is 13.9. The zero-order valence-electron chi connectivity index (χ0n) is 11.3. The minimum Gasteiger partial charge on any atom is -0.388 e. The summed E-state index contributed by atoms with van der Waals surface area (Å²) in [5.74, 6) is 0. The Morgan fingerprint density at radius 2 is 1.80 bits per heavy atom. The molecule has 0 saturated carbocycles. The summed E-state index contributed by atoms with van der Waals surface area (Å²) in [6.45, 7) is 0.655. The first-order valence-electron chi connectivity index (χ1n) is 6.69. The summed E-state index contributed by atoms with van der Waals surface area (Å²) >= 11 is 0. The lowest BCUT2D eigenvalue weighted by molar-refractivity contribution is 0.251. The fraction of sp³-hybridized carbons (Fsp3) is 0.188. The number of anilines is 2. The third kappa shape index (κ3) is 2.32. The van der Waals surface area contributed by atoms with Gasteiger partial charge < -0.3 is 10.6 Å². The van der Waals surface area contributed by atoms with Crippen LogP contribution in [0.25, 0.3) is 0 Å². The lowest BCUT2D eigenvalue weighted by Crippen LogP contribution is -2.27. The normalized spacial score (nSPS) is 17.9. The molecule has 2 N–H and O–H groups in total. The van der Waals surface area contributed by atoms with Crippen LogP contribution in [-0.2, 0) is 0 Å². The van der Waals surface area contributed by atoms with Gasteiger partial charge in [0.15, 0.2) is 0 Å². The Kier molecular flexibility index (Phi) is 3.29. The van der Waals surface area contributed by atoms with Crippen LogP contribution in [0.2, 0.25) is 0 Å².